The number of amides is 1. The number of nitrogens with two attached hydrogens (primary N) is 1. The Hall–Kier alpha value is -1.62. The van der Waals surface area contributed by atoms with Gasteiger partial charge in [-0.1, -0.05) is 0 Å². The Balaban J connectivity index is 1.93. The van der Waals surface area contributed by atoms with Crippen molar-refractivity contribution in [3.8, 4) is 5.75 Å². The number of pyridine rings is 1. The van der Waals surface area contributed by atoms with Crippen LogP contribution in [-0.2, 0) is 4.79 Å². The summed E-state index contributed by atoms with van der Waals surface area (Å²) in [6.45, 7) is 1.38. The number of carbonyl (C=O) groups excluding carboxylic acids is 1. The van der Waals surface area contributed by atoms with Gasteiger partial charge < -0.3 is 10.6 Å². The van der Waals surface area contributed by atoms with E-state index in [-0.39, 0.29) is 11.8 Å². The average molecular weight is 221 g/mol. The van der Waals surface area contributed by atoms with Crippen molar-refractivity contribution in [1.82, 2.24) is 10.0 Å². The number of piperidine rings is 1. The molecule has 1 atom stereocenters. The van der Waals surface area contributed by atoms with Gasteiger partial charge in [-0.25, -0.2) is 0 Å². The Kier molecular flexibility index (Phi) is 3.36. The van der Waals surface area contributed by atoms with Crippen LogP contribution in [0.3, 0.4) is 0 Å². The molecule has 1 saturated heterocycles. The number of nitrogens with zero attached hydrogens (tertiary/aromatic N) is 2. The fourth-order valence-electron chi connectivity index (χ4n) is 1.81. The second-order valence-corrected chi connectivity index (χ2v) is 3.91. The molecule has 0 aliphatic carbocycles. The lowest BCUT2D eigenvalue weighted by molar-refractivity contribution is -0.132. The molecule has 1 aliphatic rings. The van der Waals surface area contributed by atoms with E-state index in [9.17, 15) is 4.79 Å². The molecule has 0 radical (unpaired) electrons. The van der Waals surface area contributed by atoms with E-state index in [2.05, 4.69) is 4.98 Å². The third kappa shape index (κ3) is 2.70. The van der Waals surface area contributed by atoms with Crippen LogP contribution in [0.1, 0.15) is 12.8 Å². The topological polar surface area (TPSA) is 68.5 Å². The van der Waals surface area contributed by atoms with Gasteiger partial charge in [0.1, 0.15) is 0 Å². The second kappa shape index (κ2) is 4.94. The highest BCUT2D eigenvalue weighted by Gasteiger charge is 2.25. The first-order valence-corrected chi connectivity index (χ1v) is 5.38. The molecule has 1 aromatic heterocycles. The summed E-state index contributed by atoms with van der Waals surface area (Å²) in [7, 11) is 0. The summed E-state index contributed by atoms with van der Waals surface area (Å²) in [6, 6.07) is 3.64. The van der Waals surface area contributed by atoms with Crippen molar-refractivity contribution in [2.45, 2.75) is 12.8 Å². The Morgan fingerprint density at radius 3 is 3.19 bits per heavy atom. The van der Waals surface area contributed by atoms with E-state index in [4.69, 9.17) is 10.6 Å². The highest BCUT2D eigenvalue weighted by Crippen LogP contribution is 2.18. The van der Waals surface area contributed by atoms with Gasteiger partial charge in [0.15, 0.2) is 5.75 Å². The molecule has 2 N–H and O–H groups in total. The van der Waals surface area contributed by atoms with Crippen LogP contribution < -0.4 is 10.6 Å². The third-order valence-corrected chi connectivity index (χ3v) is 2.66. The Labute approximate surface area is 94.2 Å². The summed E-state index contributed by atoms with van der Waals surface area (Å²) in [6.07, 6.45) is 5.11. The Morgan fingerprint density at radius 2 is 2.50 bits per heavy atom. The zero-order valence-electron chi connectivity index (χ0n) is 9.00. The van der Waals surface area contributed by atoms with Gasteiger partial charge in [0, 0.05) is 19.3 Å². The zero-order valence-corrected chi connectivity index (χ0v) is 9.00. The molecule has 5 heteroatoms. The third-order valence-electron chi connectivity index (χ3n) is 2.66. The molecule has 1 aromatic rings. The van der Waals surface area contributed by atoms with Gasteiger partial charge >= 0.3 is 0 Å². The van der Waals surface area contributed by atoms with Crippen molar-refractivity contribution < 1.29 is 9.63 Å². The van der Waals surface area contributed by atoms with E-state index >= 15 is 0 Å². The fraction of sp³-hybridized carbons (Fsp3) is 0.455. The lowest BCUT2D eigenvalue weighted by Gasteiger charge is -2.30. The Bertz CT molecular complexity index is 356. The normalized spacial score (nSPS) is 21.6. The minimum absolute atomic E-state index is 0.106. The van der Waals surface area contributed by atoms with Crippen molar-refractivity contribution in [2.75, 3.05) is 13.1 Å². The molecule has 1 fully saturated rings. The van der Waals surface area contributed by atoms with Gasteiger partial charge in [-0.05, 0) is 25.0 Å². The smallest absolute Gasteiger partial charge is 0.221 e. The molecule has 2 rings (SSSR count). The van der Waals surface area contributed by atoms with Gasteiger partial charge in [-0.3, -0.25) is 9.78 Å². The molecule has 0 saturated carbocycles. The summed E-state index contributed by atoms with van der Waals surface area (Å²) in [4.78, 5) is 20.6. The van der Waals surface area contributed by atoms with Crippen LogP contribution in [0.2, 0.25) is 0 Å². The van der Waals surface area contributed by atoms with Crippen molar-refractivity contribution in [3.05, 3.63) is 24.5 Å². The van der Waals surface area contributed by atoms with Gasteiger partial charge in [0.05, 0.1) is 12.1 Å². The van der Waals surface area contributed by atoms with Crippen LogP contribution in [0, 0.1) is 5.92 Å². The van der Waals surface area contributed by atoms with Gasteiger partial charge in [0.25, 0.3) is 0 Å². The van der Waals surface area contributed by atoms with Crippen LogP contribution in [0.15, 0.2) is 24.5 Å². The maximum Gasteiger partial charge on any atom is 0.221 e. The van der Waals surface area contributed by atoms with E-state index in [0.29, 0.717) is 12.3 Å². The molecule has 16 heavy (non-hydrogen) atoms. The number of hydrogen-bond acceptors (Lipinski definition) is 4. The van der Waals surface area contributed by atoms with E-state index in [1.807, 2.05) is 12.1 Å². The molecule has 1 aliphatic heterocycles. The first-order chi connectivity index (χ1) is 7.75. The van der Waals surface area contributed by atoms with Gasteiger partial charge in [-0.2, -0.15) is 0 Å². The number of carbonyl (C=O) groups is 1. The number of hydrogen-bond donors (Lipinski definition) is 1. The fourth-order valence-corrected chi connectivity index (χ4v) is 1.81. The molecule has 0 bridgehead atoms. The molecule has 5 nitrogen and oxygen atoms in total. The second-order valence-electron chi connectivity index (χ2n) is 3.91. The van der Waals surface area contributed by atoms with Crippen molar-refractivity contribution in [3.63, 3.8) is 0 Å². The number of aromatic nitrogens is 1. The lowest BCUT2D eigenvalue weighted by Crippen LogP contribution is -2.42. The minimum Gasteiger partial charge on any atom is -0.404 e. The SMILES string of the molecule is NC(=O)C1CCCN(Oc2cccnc2)C1. The van der Waals surface area contributed by atoms with E-state index in [0.717, 1.165) is 19.4 Å². The van der Waals surface area contributed by atoms with Crippen LogP contribution >= 0.6 is 0 Å². The van der Waals surface area contributed by atoms with Crippen LogP contribution in [0.25, 0.3) is 0 Å². The van der Waals surface area contributed by atoms with Crippen molar-refractivity contribution >= 4 is 5.91 Å². The Morgan fingerprint density at radius 1 is 1.62 bits per heavy atom. The summed E-state index contributed by atoms with van der Waals surface area (Å²) < 4.78 is 0. The standard InChI is InChI=1S/C11H15N3O2/c12-11(15)9-3-2-6-14(8-9)16-10-4-1-5-13-7-10/h1,4-5,7,9H,2-3,6,8H2,(H2,12,15). The predicted octanol–water partition coefficient (Wildman–Crippen LogP) is 0.573. The van der Waals surface area contributed by atoms with Crippen molar-refractivity contribution in [1.29, 1.82) is 0 Å². The molecular formula is C11H15N3O2. The molecule has 1 unspecified atom stereocenters. The largest absolute Gasteiger partial charge is 0.404 e. The maximum absolute atomic E-state index is 11.1. The molecule has 86 valence electrons. The van der Waals surface area contributed by atoms with Crippen LogP contribution in [0.4, 0.5) is 0 Å². The van der Waals surface area contributed by atoms with E-state index in [1.54, 1.807) is 17.5 Å². The molecule has 2 heterocycles. The van der Waals surface area contributed by atoms with Crippen LogP contribution in [-0.4, -0.2) is 29.0 Å². The number of rotatable bonds is 3. The zero-order chi connectivity index (χ0) is 11.4. The molecule has 0 spiro atoms. The predicted molar refractivity (Wildman–Crippen MR) is 58.4 cm³/mol. The number of hydroxylamine groups is 2. The monoisotopic (exact) mass is 221 g/mol. The summed E-state index contributed by atoms with van der Waals surface area (Å²) in [5.41, 5.74) is 5.29. The number of primary amides is 1. The minimum atomic E-state index is -0.250. The van der Waals surface area contributed by atoms with Gasteiger partial charge in [-0.15, -0.1) is 5.06 Å². The first kappa shape index (κ1) is 10.9. The summed E-state index contributed by atoms with van der Waals surface area (Å²) in [5.74, 6) is 0.331. The van der Waals surface area contributed by atoms with Crippen molar-refractivity contribution in [2.24, 2.45) is 11.7 Å². The highest BCUT2D eigenvalue weighted by molar-refractivity contribution is 5.76. The maximum atomic E-state index is 11.1. The highest BCUT2D eigenvalue weighted by atomic mass is 16.7. The van der Waals surface area contributed by atoms with Crippen LogP contribution in [0.5, 0.6) is 5.75 Å². The summed E-state index contributed by atoms with van der Waals surface area (Å²) >= 11 is 0. The average Bonchev–Trinajstić information content (AvgIpc) is 2.30. The molecule has 1 amide bonds. The van der Waals surface area contributed by atoms with E-state index in [1.165, 1.54) is 0 Å². The lowest BCUT2D eigenvalue weighted by atomic mass is 9.99. The van der Waals surface area contributed by atoms with Gasteiger partial charge in [0.2, 0.25) is 5.91 Å². The summed E-state index contributed by atoms with van der Waals surface area (Å²) in [5, 5.41) is 1.77. The quantitative estimate of drug-likeness (QED) is 0.810. The molecule has 0 aromatic carbocycles. The molecular weight excluding hydrogens is 206 g/mol. The van der Waals surface area contributed by atoms with E-state index < -0.39 is 0 Å². The first-order valence-electron chi connectivity index (χ1n) is 5.38.